The fraction of sp³-hybridized carbons (Fsp3) is 0.500. The van der Waals surface area contributed by atoms with Crippen molar-refractivity contribution in [3.05, 3.63) is 41.7 Å². The lowest BCUT2D eigenvalue weighted by Gasteiger charge is -2.34. The molecule has 0 unspecified atom stereocenters. The van der Waals surface area contributed by atoms with Crippen LogP contribution in [0.5, 0.6) is 5.75 Å². The van der Waals surface area contributed by atoms with Gasteiger partial charge in [0.05, 0.1) is 19.3 Å². The van der Waals surface area contributed by atoms with Gasteiger partial charge < -0.3 is 19.9 Å². The third kappa shape index (κ3) is 4.73. The summed E-state index contributed by atoms with van der Waals surface area (Å²) in [5.74, 6) is 0.480. The number of rotatable bonds is 4. The summed E-state index contributed by atoms with van der Waals surface area (Å²) in [5.41, 5.74) is 0.963. The van der Waals surface area contributed by atoms with Crippen molar-refractivity contribution in [2.75, 3.05) is 46.4 Å². The highest BCUT2D eigenvalue weighted by molar-refractivity contribution is 5.95. The van der Waals surface area contributed by atoms with E-state index in [1.807, 2.05) is 10.7 Å². The normalized spacial score (nSPS) is 17.4. The fourth-order valence-electron chi connectivity index (χ4n) is 3.84. The molecule has 2 saturated heterocycles. The zero-order chi connectivity index (χ0) is 20.2. The predicted molar refractivity (Wildman–Crippen MR) is 113 cm³/mol. The monoisotopic (exact) mass is 434 g/mol. The van der Waals surface area contributed by atoms with Crippen molar-refractivity contribution in [1.82, 2.24) is 30.1 Å². The van der Waals surface area contributed by atoms with Gasteiger partial charge in [0.1, 0.15) is 5.75 Å². The van der Waals surface area contributed by atoms with Crippen LogP contribution >= 0.6 is 12.4 Å². The Morgan fingerprint density at radius 2 is 1.73 bits per heavy atom. The second kappa shape index (κ2) is 9.90. The van der Waals surface area contributed by atoms with E-state index in [0.29, 0.717) is 49.2 Å². The van der Waals surface area contributed by atoms with Crippen LogP contribution in [-0.2, 0) is 0 Å². The third-order valence-corrected chi connectivity index (χ3v) is 5.58. The van der Waals surface area contributed by atoms with Crippen molar-refractivity contribution in [2.24, 2.45) is 0 Å². The number of piperidine rings is 1. The molecule has 2 aromatic rings. The molecule has 0 radical (unpaired) electrons. The van der Waals surface area contributed by atoms with E-state index >= 15 is 0 Å². The lowest BCUT2D eigenvalue weighted by atomic mass is 10.1. The minimum absolute atomic E-state index is 0. The summed E-state index contributed by atoms with van der Waals surface area (Å²) in [4.78, 5) is 29.0. The van der Waals surface area contributed by atoms with Crippen molar-refractivity contribution in [2.45, 2.75) is 18.9 Å². The predicted octanol–water partition coefficient (Wildman–Crippen LogP) is 1.23. The van der Waals surface area contributed by atoms with Gasteiger partial charge in [0.15, 0.2) is 5.69 Å². The van der Waals surface area contributed by atoms with Crippen LogP contribution in [0.15, 0.2) is 30.5 Å². The maximum Gasteiger partial charge on any atom is 0.276 e. The molecule has 4 rings (SSSR count). The molecule has 1 N–H and O–H groups in total. The van der Waals surface area contributed by atoms with Crippen LogP contribution in [0.4, 0.5) is 0 Å². The van der Waals surface area contributed by atoms with E-state index in [4.69, 9.17) is 4.74 Å². The summed E-state index contributed by atoms with van der Waals surface area (Å²) in [6.07, 6.45) is 3.73. The maximum absolute atomic E-state index is 12.8. The second-order valence-electron chi connectivity index (χ2n) is 7.38. The number of piperazine rings is 1. The van der Waals surface area contributed by atoms with Gasteiger partial charge >= 0.3 is 0 Å². The van der Waals surface area contributed by atoms with Crippen LogP contribution in [0, 0.1) is 0 Å². The average Bonchev–Trinajstić information content (AvgIpc) is 3.29. The Morgan fingerprint density at radius 1 is 1.07 bits per heavy atom. The van der Waals surface area contributed by atoms with Crippen LogP contribution in [0.25, 0.3) is 0 Å². The van der Waals surface area contributed by atoms with Gasteiger partial charge in [-0.1, -0.05) is 11.3 Å². The molecule has 0 aliphatic carbocycles. The summed E-state index contributed by atoms with van der Waals surface area (Å²) in [5, 5.41) is 11.6. The Bertz CT molecular complexity index is 875. The van der Waals surface area contributed by atoms with Gasteiger partial charge in [-0.25, -0.2) is 4.68 Å². The van der Waals surface area contributed by atoms with Crippen molar-refractivity contribution < 1.29 is 14.3 Å². The lowest BCUT2D eigenvalue weighted by molar-refractivity contribution is 0.0532. The molecule has 162 valence electrons. The summed E-state index contributed by atoms with van der Waals surface area (Å²) in [7, 11) is 1.58. The van der Waals surface area contributed by atoms with Gasteiger partial charge in [-0.3, -0.25) is 9.59 Å². The largest absolute Gasteiger partial charge is 0.497 e. The van der Waals surface area contributed by atoms with Crippen LogP contribution in [-0.4, -0.2) is 83.0 Å². The molecule has 0 bridgehead atoms. The Balaban J connectivity index is 0.00000256. The van der Waals surface area contributed by atoms with Gasteiger partial charge in [-0.2, -0.15) is 0 Å². The number of amides is 2. The van der Waals surface area contributed by atoms with Crippen molar-refractivity contribution in [1.29, 1.82) is 0 Å². The number of benzene rings is 1. The molecule has 9 nitrogen and oxygen atoms in total. The molecular formula is C20H27ClN6O3. The van der Waals surface area contributed by atoms with Crippen LogP contribution in [0.1, 0.15) is 39.7 Å². The Hall–Kier alpha value is -2.65. The lowest BCUT2D eigenvalue weighted by Crippen LogP contribution is -2.50. The zero-order valence-corrected chi connectivity index (χ0v) is 17.8. The van der Waals surface area contributed by atoms with E-state index in [2.05, 4.69) is 15.6 Å². The molecule has 0 saturated carbocycles. The number of hydrogen-bond donors (Lipinski definition) is 1. The van der Waals surface area contributed by atoms with Gasteiger partial charge in [0, 0.05) is 31.7 Å². The first kappa shape index (κ1) is 22.0. The SMILES string of the molecule is COc1cccc(C(=O)N2CCN(C(=O)c3cn(C4CCNCC4)nn3)CC2)c1.Cl. The third-order valence-electron chi connectivity index (χ3n) is 5.58. The smallest absolute Gasteiger partial charge is 0.276 e. The van der Waals surface area contributed by atoms with Gasteiger partial charge in [-0.15, -0.1) is 17.5 Å². The molecular weight excluding hydrogens is 408 g/mol. The molecule has 10 heteroatoms. The number of aromatic nitrogens is 3. The van der Waals surface area contributed by atoms with Crippen molar-refractivity contribution in [3.63, 3.8) is 0 Å². The Kier molecular flexibility index (Phi) is 7.28. The molecule has 2 fully saturated rings. The molecule has 2 aliphatic heterocycles. The first-order chi connectivity index (χ1) is 14.2. The topological polar surface area (TPSA) is 92.6 Å². The summed E-state index contributed by atoms with van der Waals surface area (Å²) in [6.45, 7) is 3.85. The van der Waals surface area contributed by atoms with Crippen molar-refractivity contribution in [3.8, 4) is 5.75 Å². The minimum atomic E-state index is -0.126. The summed E-state index contributed by atoms with van der Waals surface area (Å²) < 4.78 is 7.01. The molecule has 0 atom stereocenters. The molecule has 2 amide bonds. The van der Waals surface area contributed by atoms with Crippen molar-refractivity contribution >= 4 is 24.2 Å². The maximum atomic E-state index is 12.8. The first-order valence-corrected chi connectivity index (χ1v) is 10.0. The molecule has 2 aliphatic rings. The number of ether oxygens (including phenoxy) is 1. The van der Waals surface area contributed by atoms with Gasteiger partial charge in [-0.05, 0) is 44.1 Å². The van der Waals surface area contributed by atoms with E-state index in [-0.39, 0.29) is 24.2 Å². The average molecular weight is 435 g/mol. The number of hydrogen-bond acceptors (Lipinski definition) is 6. The zero-order valence-electron chi connectivity index (χ0n) is 17.0. The second-order valence-corrected chi connectivity index (χ2v) is 7.38. The highest BCUT2D eigenvalue weighted by Gasteiger charge is 2.27. The molecule has 1 aromatic carbocycles. The molecule has 0 spiro atoms. The van der Waals surface area contributed by atoms with Crippen LogP contribution in [0.3, 0.4) is 0 Å². The van der Waals surface area contributed by atoms with Crippen LogP contribution < -0.4 is 10.1 Å². The number of nitrogens with zero attached hydrogens (tertiary/aromatic N) is 5. The molecule has 30 heavy (non-hydrogen) atoms. The number of halogens is 1. The fourth-order valence-corrected chi connectivity index (χ4v) is 3.84. The van der Waals surface area contributed by atoms with E-state index in [9.17, 15) is 9.59 Å². The van der Waals surface area contributed by atoms with E-state index in [1.165, 1.54) is 0 Å². The number of carbonyl (C=O) groups excluding carboxylic acids is 2. The van der Waals surface area contributed by atoms with Gasteiger partial charge in [0.25, 0.3) is 11.8 Å². The molecule has 1 aromatic heterocycles. The number of carbonyl (C=O) groups is 2. The highest BCUT2D eigenvalue weighted by Crippen LogP contribution is 2.19. The number of nitrogens with one attached hydrogen (secondary N) is 1. The number of methoxy groups -OCH3 is 1. The van der Waals surface area contributed by atoms with E-state index < -0.39 is 0 Å². The van der Waals surface area contributed by atoms with E-state index in [0.717, 1.165) is 25.9 Å². The van der Waals surface area contributed by atoms with Gasteiger partial charge in [0.2, 0.25) is 0 Å². The minimum Gasteiger partial charge on any atom is -0.497 e. The first-order valence-electron chi connectivity index (χ1n) is 10.0. The Morgan fingerprint density at radius 3 is 2.40 bits per heavy atom. The quantitative estimate of drug-likeness (QED) is 0.778. The summed E-state index contributed by atoms with van der Waals surface area (Å²) >= 11 is 0. The molecule has 3 heterocycles. The summed E-state index contributed by atoms with van der Waals surface area (Å²) in [6, 6.07) is 7.42. The van der Waals surface area contributed by atoms with Crippen LogP contribution in [0.2, 0.25) is 0 Å². The van der Waals surface area contributed by atoms with E-state index in [1.54, 1.807) is 41.3 Å². The highest BCUT2D eigenvalue weighted by atomic mass is 35.5. The standard InChI is InChI=1S/C20H26N6O3.ClH/c1-29-17-4-2-3-15(13-17)19(27)24-9-11-25(12-10-24)20(28)18-14-26(23-22-18)16-5-7-21-8-6-16;/h2-4,13-14,16,21H,5-12H2,1H3;1H. The Labute approximate surface area is 181 Å².